The lowest BCUT2D eigenvalue weighted by molar-refractivity contribution is 0.199. The van der Waals surface area contributed by atoms with Crippen molar-refractivity contribution in [3.63, 3.8) is 0 Å². The molecule has 0 aliphatic carbocycles. The molecule has 0 radical (unpaired) electrons. The Labute approximate surface area is 67.8 Å². The molecule has 0 aliphatic rings. The molecule has 0 amide bonds. The van der Waals surface area contributed by atoms with Crippen LogP contribution in [0.15, 0.2) is 24.3 Å². The zero-order valence-corrected chi connectivity index (χ0v) is 6.66. The van der Waals surface area contributed by atoms with E-state index >= 15 is 0 Å². The van der Waals surface area contributed by atoms with Crippen molar-refractivity contribution in [2.24, 2.45) is 0 Å². The number of hydrogen-bond acceptors (Lipinski definition) is 2. The topological polar surface area (TPSA) is 29.5 Å². The minimum Gasteiger partial charge on any atom is -0.497 e. The highest BCUT2D eigenvalue weighted by atomic mass is 16.5. The van der Waals surface area contributed by atoms with Gasteiger partial charge in [-0.15, -0.1) is 0 Å². The first-order chi connectivity index (χ1) is 5.54. The van der Waals surface area contributed by atoms with Crippen LogP contribution >= 0.6 is 0 Å². The highest BCUT2D eigenvalue weighted by Crippen LogP contribution is 2.17. The molecule has 1 rings (SSSR count). The summed E-state index contributed by atoms with van der Waals surface area (Å²) in [6.07, 6.45) is -1.55. The van der Waals surface area contributed by atoms with Crippen LogP contribution in [0, 0.1) is 0 Å². The third-order valence-electron chi connectivity index (χ3n) is 1.49. The molecular formula is C9H12O2. The maximum atomic E-state index is 9.32. The quantitative estimate of drug-likeness (QED) is 0.701. The van der Waals surface area contributed by atoms with Crippen molar-refractivity contribution in [1.82, 2.24) is 0 Å². The van der Waals surface area contributed by atoms with Crippen LogP contribution in [0.1, 0.15) is 19.9 Å². The maximum absolute atomic E-state index is 9.32. The van der Waals surface area contributed by atoms with Crippen LogP contribution in [0.5, 0.6) is 5.75 Å². The van der Waals surface area contributed by atoms with E-state index in [2.05, 4.69) is 0 Å². The Kier molecular flexibility index (Phi) is 2.06. The van der Waals surface area contributed by atoms with Gasteiger partial charge in [-0.05, 0) is 24.6 Å². The molecule has 1 atom stereocenters. The summed E-state index contributed by atoms with van der Waals surface area (Å²) in [7, 11) is 1.55. The summed E-state index contributed by atoms with van der Waals surface area (Å²) in [5.41, 5.74) is 0.529. The minimum absolute atomic E-state index is 0.529. The normalized spacial score (nSPS) is 16.8. The van der Waals surface area contributed by atoms with E-state index in [9.17, 15) is 5.11 Å². The van der Waals surface area contributed by atoms with Crippen molar-refractivity contribution in [2.45, 2.75) is 13.0 Å². The fraction of sp³-hybridized carbons (Fsp3) is 0.333. The van der Waals surface area contributed by atoms with E-state index in [0.29, 0.717) is 11.3 Å². The van der Waals surface area contributed by atoms with Crippen molar-refractivity contribution in [3.8, 4) is 5.75 Å². The molecule has 11 heavy (non-hydrogen) atoms. The first-order valence-corrected chi connectivity index (χ1v) is 3.41. The van der Waals surface area contributed by atoms with Gasteiger partial charge in [0.15, 0.2) is 0 Å². The Morgan fingerprint density at radius 3 is 2.91 bits per heavy atom. The van der Waals surface area contributed by atoms with Gasteiger partial charge in [0.25, 0.3) is 0 Å². The van der Waals surface area contributed by atoms with Gasteiger partial charge < -0.3 is 9.84 Å². The van der Waals surface area contributed by atoms with Crippen LogP contribution in [-0.2, 0) is 0 Å². The van der Waals surface area contributed by atoms with Gasteiger partial charge in [0.05, 0.1) is 14.6 Å². The average Bonchev–Trinajstić information content (AvgIpc) is 2.03. The molecule has 1 N–H and O–H groups in total. The minimum atomic E-state index is -1.55. The van der Waals surface area contributed by atoms with Crippen molar-refractivity contribution < 1.29 is 11.2 Å². The number of methoxy groups -OCH3 is 1. The van der Waals surface area contributed by atoms with Gasteiger partial charge in [0, 0.05) is 0 Å². The number of rotatable bonds is 2. The van der Waals surface area contributed by atoms with E-state index in [0.717, 1.165) is 0 Å². The zero-order chi connectivity index (χ0) is 9.19. The van der Waals surface area contributed by atoms with Crippen molar-refractivity contribution in [2.75, 3.05) is 7.11 Å². The fourth-order valence-electron chi connectivity index (χ4n) is 0.848. The van der Waals surface area contributed by atoms with Gasteiger partial charge in [-0.1, -0.05) is 12.1 Å². The first kappa shape index (κ1) is 6.68. The molecule has 1 aromatic carbocycles. The number of ether oxygens (including phenoxy) is 1. The van der Waals surface area contributed by atoms with Crippen LogP contribution in [0.3, 0.4) is 0 Å². The zero-order valence-electron chi connectivity index (χ0n) is 7.66. The van der Waals surface area contributed by atoms with Crippen molar-refractivity contribution >= 4 is 0 Å². The average molecular weight is 153 g/mol. The van der Waals surface area contributed by atoms with Crippen LogP contribution < -0.4 is 4.74 Å². The molecule has 2 heteroatoms. The molecule has 0 fully saturated rings. The van der Waals surface area contributed by atoms with Gasteiger partial charge in [-0.2, -0.15) is 0 Å². The van der Waals surface area contributed by atoms with Gasteiger partial charge in [0.1, 0.15) is 5.75 Å². The summed E-state index contributed by atoms with van der Waals surface area (Å²) < 4.78 is 12.3. The Morgan fingerprint density at radius 2 is 2.36 bits per heavy atom. The summed E-state index contributed by atoms with van der Waals surface area (Å²) in [6, 6.07) is 6.86. The Hall–Kier alpha value is -1.02. The Morgan fingerprint density at radius 1 is 1.64 bits per heavy atom. The molecular weight excluding hydrogens is 140 g/mol. The summed E-state index contributed by atoms with van der Waals surface area (Å²) in [5.74, 6) is 0.653. The highest BCUT2D eigenvalue weighted by Gasteiger charge is 2.00. The summed E-state index contributed by atoms with van der Waals surface area (Å²) >= 11 is 0. The van der Waals surface area contributed by atoms with Crippen LogP contribution in [-0.4, -0.2) is 12.2 Å². The van der Waals surface area contributed by atoms with Crippen LogP contribution in [0.2, 0.25) is 0 Å². The maximum Gasteiger partial charge on any atom is 0.119 e. The van der Waals surface area contributed by atoms with Gasteiger partial charge in [-0.25, -0.2) is 0 Å². The summed E-state index contributed by atoms with van der Waals surface area (Å²) in [5, 5.41) is 9.32. The number of hydrogen-bond donors (Lipinski definition) is 1. The fourth-order valence-corrected chi connectivity index (χ4v) is 0.848. The number of benzene rings is 1. The molecule has 1 unspecified atom stereocenters. The smallest absolute Gasteiger partial charge is 0.119 e. The lowest BCUT2D eigenvalue weighted by Gasteiger charge is -2.05. The molecule has 0 aromatic heterocycles. The molecule has 0 aliphatic heterocycles. The van der Waals surface area contributed by atoms with E-state index in [4.69, 9.17) is 6.11 Å². The molecule has 1 aromatic rings. The second kappa shape index (κ2) is 3.39. The molecule has 0 spiro atoms. The van der Waals surface area contributed by atoms with Crippen LogP contribution in [0.4, 0.5) is 0 Å². The Balaban J connectivity index is 3.02. The van der Waals surface area contributed by atoms with Gasteiger partial charge in [0.2, 0.25) is 0 Å². The van der Waals surface area contributed by atoms with Crippen LogP contribution in [0.25, 0.3) is 0 Å². The molecule has 0 bridgehead atoms. The van der Waals surface area contributed by atoms with E-state index in [1.165, 1.54) is 6.92 Å². The van der Waals surface area contributed by atoms with Crippen molar-refractivity contribution in [1.29, 1.82) is 0 Å². The summed E-state index contributed by atoms with van der Waals surface area (Å²) in [6.45, 7) is 1.42. The molecule has 2 nitrogen and oxygen atoms in total. The van der Waals surface area contributed by atoms with Gasteiger partial charge >= 0.3 is 0 Å². The SMILES string of the molecule is [2H]C(C)(O)c1cccc(OC)c1. The van der Waals surface area contributed by atoms with Gasteiger partial charge in [-0.3, -0.25) is 0 Å². The second-order valence-corrected chi connectivity index (χ2v) is 2.32. The van der Waals surface area contributed by atoms with E-state index in [1.807, 2.05) is 0 Å². The molecule has 60 valence electrons. The summed E-state index contributed by atoms with van der Waals surface area (Å²) in [4.78, 5) is 0. The van der Waals surface area contributed by atoms with E-state index in [-0.39, 0.29) is 0 Å². The number of aliphatic hydroxyl groups is 1. The Bertz CT molecular complexity index is 265. The molecule has 0 saturated heterocycles. The monoisotopic (exact) mass is 153 g/mol. The van der Waals surface area contributed by atoms with Crippen molar-refractivity contribution in [3.05, 3.63) is 29.8 Å². The largest absolute Gasteiger partial charge is 0.497 e. The third-order valence-corrected chi connectivity index (χ3v) is 1.49. The van der Waals surface area contributed by atoms with E-state index in [1.54, 1.807) is 31.4 Å². The predicted octanol–water partition coefficient (Wildman–Crippen LogP) is 1.75. The molecule has 0 saturated carbocycles. The van der Waals surface area contributed by atoms with E-state index < -0.39 is 6.08 Å². The molecule has 0 heterocycles. The first-order valence-electron chi connectivity index (χ1n) is 3.91. The third kappa shape index (κ3) is 1.95. The second-order valence-electron chi connectivity index (χ2n) is 2.32. The standard InChI is InChI=1S/C9H12O2/c1-7(10)8-4-3-5-9(6-8)11-2/h3-7,10H,1-2H3/i7D. The predicted molar refractivity (Wildman–Crippen MR) is 43.6 cm³/mol. The lowest BCUT2D eigenvalue weighted by atomic mass is 10.1. The highest BCUT2D eigenvalue weighted by molar-refractivity contribution is 5.29. The lowest BCUT2D eigenvalue weighted by Crippen LogP contribution is -1.91.